The molecule has 0 aromatic heterocycles. The van der Waals surface area contributed by atoms with Crippen molar-refractivity contribution in [1.82, 2.24) is 0 Å². The zero-order valence-electron chi connectivity index (χ0n) is 19.3. The minimum atomic E-state index is -0.365. The van der Waals surface area contributed by atoms with Gasteiger partial charge >= 0.3 is 0 Å². The average molecular weight is 405 g/mol. The first-order chi connectivity index (χ1) is 13.6. The van der Waals surface area contributed by atoms with E-state index in [-0.39, 0.29) is 17.2 Å². The molecule has 2 rings (SSSR count). The standard InChI is InChI=1S/C26H44O3/c1-25(2,3)15-11-7-5-9-13-20-19-22(27)24(29)23(28)21(20)14-10-6-8-12-16-26(4)17-18-26/h19,27-29H,5-18H2,1-4H3. The molecule has 1 aliphatic rings. The summed E-state index contributed by atoms with van der Waals surface area (Å²) in [5.74, 6) is -0.680. The van der Waals surface area contributed by atoms with Gasteiger partial charge in [0.05, 0.1) is 0 Å². The SMILES string of the molecule is CC(C)(C)CCCCCCc1cc(O)c(O)c(O)c1CCCCCCC1(C)CC1. The van der Waals surface area contributed by atoms with Gasteiger partial charge < -0.3 is 15.3 Å². The van der Waals surface area contributed by atoms with Crippen LogP contribution < -0.4 is 0 Å². The van der Waals surface area contributed by atoms with Crippen LogP contribution in [0.15, 0.2) is 6.07 Å². The van der Waals surface area contributed by atoms with Gasteiger partial charge in [-0.05, 0) is 73.8 Å². The normalized spacial score (nSPS) is 15.6. The summed E-state index contributed by atoms with van der Waals surface area (Å²) >= 11 is 0. The highest BCUT2D eigenvalue weighted by molar-refractivity contribution is 5.57. The van der Waals surface area contributed by atoms with Crippen LogP contribution in [0.25, 0.3) is 0 Å². The summed E-state index contributed by atoms with van der Waals surface area (Å²) in [4.78, 5) is 0. The van der Waals surface area contributed by atoms with Gasteiger partial charge in [-0.2, -0.15) is 0 Å². The summed E-state index contributed by atoms with van der Waals surface area (Å²) in [5, 5.41) is 30.3. The number of aryl methyl sites for hydroxylation is 1. The van der Waals surface area contributed by atoms with Gasteiger partial charge in [-0.15, -0.1) is 0 Å². The molecule has 3 nitrogen and oxygen atoms in total. The Balaban J connectivity index is 1.78. The fraction of sp³-hybridized carbons (Fsp3) is 0.769. The highest BCUT2D eigenvalue weighted by atomic mass is 16.3. The number of hydrogen-bond acceptors (Lipinski definition) is 3. The number of phenols is 3. The van der Waals surface area contributed by atoms with Crippen LogP contribution in [0, 0.1) is 10.8 Å². The van der Waals surface area contributed by atoms with Crippen LogP contribution in [0.5, 0.6) is 17.2 Å². The van der Waals surface area contributed by atoms with Gasteiger partial charge in [0.2, 0.25) is 5.75 Å². The van der Waals surface area contributed by atoms with E-state index in [0.717, 1.165) is 49.7 Å². The molecule has 0 heterocycles. The maximum absolute atomic E-state index is 10.4. The van der Waals surface area contributed by atoms with Crippen molar-refractivity contribution in [3.05, 3.63) is 17.2 Å². The molecule has 1 saturated carbocycles. The molecule has 1 fully saturated rings. The predicted octanol–water partition coefficient (Wildman–Crippen LogP) is 7.64. The van der Waals surface area contributed by atoms with Crippen LogP contribution in [0.3, 0.4) is 0 Å². The Hall–Kier alpha value is -1.38. The molecule has 0 radical (unpaired) electrons. The molecule has 0 atom stereocenters. The smallest absolute Gasteiger partial charge is 0.200 e. The average Bonchev–Trinajstić information content (AvgIpc) is 3.37. The third kappa shape index (κ3) is 8.48. The minimum Gasteiger partial charge on any atom is -0.504 e. The van der Waals surface area contributed by atoms with E-state index in [0.29, 0.717) is 10.8 Å². The molecule has 1 aromatic carbocycles. The van der Waals surface area contributed by atoms with E-state index in [1.54, 1.807) is 6.07 Å². The van der Waals surface area contributed by atoms with Crippen molar-refractivity contribution in [2.45, 2.75) is 118 Å². The van der Waals surface area contributed by atoms with Gasteiger partial charge in [-0.3, -0.25) is 0 Å². The highest BCUT2D eigenvalue weighted by Gasteiger charge is 2.35. The second-order valence-corrected chi connectivity index (χ2v) is 10.9. The molecule has 166 valence electrons. The van der Waals surface area contributed by atoms with Crippen LogP contribution in [-0.4, -0.2) is 15.3 Å². The third-order valence-corrected chi connectivity index (χ3v) is 6.63. The number of unbranched alkanes of at least 4 members (excludes halogenated alkanes) is 6. The second kappa shape index (κ2) is 10.6. The lowest BCUT2D eigenvalue weighted by atomic mass is 9.89. The first-order valence-electron chi connectivity index (χ1n) is 11.9. The van der Waals surface area contributed by atoms with Crippen LogP contribution >= 0.6 is 0 Å². The van der Waals surface area contributed by atoms with Crippen LogP contribution in [-0.2, 0) is 12.8 Å². The monoisotopic (exact) mass is 404 g/mol. The molecule has 3 N–H and O–H groups in total. The second-order valence-electron chi connectivity index (χ2n) is 10.9. The van der Waals surface area contributed by atoms with Gasteiger partial charge in [0, 0.05) is 5.56 Å². The van der Waals surface area contributed by atoms with E-state index in [1.165, 1.54) is 51.4 Å². The van der Waals surface area contributed by atoms with Gasteiger partial charge in [0.25, 0.3) is 0 Å². The summed E-state index contributed by atoms with van der Waals surface area (Å²) in [5.41, 5.74) is 2.88. The number of hydrogen-bond donors (Lipinski definition) is 3. The molecule has 29 heavy (non-hydrogen) atoms. The lowest BCUT2D eigenvalue weighted by Gasteiger charge is -2.17. The number of rotatable bonds is 13. The van der Waals surface area contributed by atoms with E-state index in [4.69, 9.17) is 0 Å². The molecule has 0 saturated heterocycles. The fourth-order valence-electron chi connectivity index (χ4n) is 4.23. The van der Waals surface area contributed by atoms with Gasteiger partial charge in [0.15, 0.2) is 11.5 Å². The van der Waals surface area contributed by atoms with Crippen molar-refractivity contribution in [2.75, 3.05) is 0 Å². The Morgan fingerprint density at radius 2 is 1.38 bits per heavy atom. The Bertz CT molecular complexity index is 638. The van der Waals surface area contributed by atoms with Crippen molar-refractivity contribution in [3.8, 4) is 17.2 Å². The molecule has 1 aromatic rings. The Kier molecular flexibility index (Phi) is 8.73. The number of aromatic hydroxyl groups is 3. The lowest BCUT2D eigenvalue weighted by molar-refractivity contribution is 0.356. The minimum absolute atomic E-state index is 0.113. The first-order valence-corrected chi connectivity index (χ1v) is 11.9. The van der Waals surface area contributed by atoms with Crippen LogP contribution in [0.4, 0.5) is 0 Å². The maximum atomic E-state index is 10.4. The number of benzene rings is 1. The summed E-state index contributed by atoms with van der Waals surface area (Å²) in [6.07, 6.45) is 16.4. The Morgan fingerprint density at radius 3 is 2.00 bits per heavy atom. The van der Waals surface area contributed by atoms with Crippen LogP contribution in [0.1, 0.15) is 116 Å². The molecule has 0 unspecified atom stereocenters. The molecule has 3 heteroatoms. The Morgan fingerprint density at radius 1 is 0.793 bits per heavy atom. The molecular formula is C26H44O3. The van der Waals surface area contributed by atoms with Gasteiger partial charge in [-0.1, -0.05) is 66.2 Å². The van der Waals surface area contributed by atoms with E-state index in [2.05, 4.69) is 27.7 Å². The summed E-state index contributed by atoms with van der Waals surface area (Å²) in [7, 11) is 0. The molecule has 0 amide bonds. The quantitative estimate of drug-likeness (QED) is 0.234. The highest BCUT2D eigenvalue weighted by Crippen LogP contribution is 2.49. The van der Waals surface area contributed by atoms with Crippen LogP contribution in [0.2, 0.25) is 0 Å². The molecule has 0 spiro atoms. The van der Waals surface area contributed by atoms with E-state index in [1.807, 2.05) is 0 Å². The fourth-order valence-corrected chi connectivity index (χ4v) is 4.23. The van der Waals surface area contributed by atoms with Crippen molar-refractivity contribution >= 4 is 0 Å². The van der Waals surface area contributed by atoms with Gasteiger partial charge in [0.1, 0.15) is 0 Å². The largest absolute Gasteiger partial charge is 0.504 e. The Labute approximate surface area is 178 Å². The first kappa shape index (κ1) is 23.9. The zero-order chi connectivity index (χ0) is 21.5. The summed E-state index contributed by atoms with van der Waals surface area (Å²) in [6, 6.07) is 1.66. The maximum Gasteiger partial charge on any atom is 0.200 e. The predicted molar refractivity (Wildman–Crippen MR) is 122 cm³/mol. The summed E-state index contributed by atoms with van der Waals surface area (Å²) < 4.78 is 0. The molecule has 1 aliphatic carbocycles. The lowest BCUT2D eigenvalue weighted by Crippen LogP contribution is -2.04. The van der Waals surface area contributed by atoms with Crippen molar-refractivity contribution in [1.29, 1.82) is 0 Å². The van der Waals surface area contributed by atoms with Crippen molar-refractivity contribution in [3.63, 3.8) is 0 Å². The zero-order valence-corrected chi connectivity index (χ0v) is 19.3. The number of phenolic OH excluding ortho intramolecular Hbond substituents is 3. The van der Waals surface area contributed by atoms with Crippen molar-refractivity contribution in [2.24, 2.45) is 10.8 Å². The topological polar surface area (TPSA) is 60.7 Å². The summed E-state index contributed by atoms with van der Waals surface area (Å²) in [6.45, 7) is 9.24. The van der Waals surface area contributed by atoms with E-state index in [9.17, 15) is 15.3 Å². The van der Waals surface area contributed by atoms with E-state index >= 15 is 0 Å². The third-order valence-electron chi connectivity index (χ3n) is 6.63. The van der Waals surface area contributed by atoms with Crippen molar-refractivity contribution < 1.29 is 15.3 Å². The van der Waals surface area contributed by atoms with Gasteiger partial charge in [-0.25, -0.2) is 0 Å². The molecular weight excluding hydrogens is 360 g/mol. The van der Waals surface area contributed by atoms with E-state index < -0.39 is 0 Å². The molecule has 0 aliphatic heterocycles. The molecule has 0 bridgehead atoms.